The molecule has 0 unspecified atom stereocenters. The maximum Gasteiger partial charge on any atom is 0.277 e. The molecule has 0 amide bonds. The first kappa shape index (κ1) is 18.7. The van der Waals surface area contributed by atoms with Gasteiger partial charge >= 0.3 is 0 Å². The number of benzene rings is 2. The van der Waals surface area contributed by atoms with E-state index in [2.05, 4.69) is 24.0 Å². The largest absolute Gasteiger partial charge is 0.411 e. The molecule has 0 bridgehead atoms. The van der Waals surface area contributed by atoms with Crippen LogP contribution in [0.3, 0.4) is 0 Å². The number of halogens is 1. The molecule has 0 N–H and O–H groups in total. The molecule has 0 aliphatic rings. The summed E-state index contributed by atoms with van der Waals surface area (Å²) in [6.45, 7) is 4.34. The highest BCUT2D eigenvalue weighted by Gasteiger charge is 2.13. The van der Waals surface area contributed by atoms with Crippen molar-refractivity contribution in [3.63, 3.8) is 0 Å². The minimum atomic E-state index is 0.0354. The summed E-state index contributed by atoms with van der Waals surface area (Å²) in [5.74, 6) is 1.17. The summed E-state index contributed by atoms with van der Waals surface area (Å²) in [7, 11) is 0. The van der Waals surface area contributed by atoms with Crippen LogP contribution in [0.5, 0.6) is 0 Å². The summed E-state index contributed by atoms with van der Waals surface area (Å²) in [4.78, 5) is 12.4. The van der Waals surface area contributed by atoms with Gasteiger partial charge in [-0.05, 0) is 36.1 Å². The summed E-state index contributed by atoms with van der Waals surface area (Å²) in [5.41, 5.74) is 2.70. The fourth-order valence-electron chi connectivity index (χ4n) is 2.45. The first-order valence-electron chi connectivity index (χ1n) is 8.42. The summed E-state index contributed by atoms with van der Waals surface area (Å²) < 4.78 is 5.61. The Hall–Kier alpha value is -2.11. The minimum absolute atomic E-state index is 0.0354. The van der Waals surface area contributed by atoms with E-state index in [4.69, 9.17) is 16.0 Å². The molecule has 3 rings (SSSR count). The number of thioether (sulfide) groups is 1. The topological polar surface area (TPSA) is 56.0 Å². The molecule has 1 heterocycles. The zero-order chi connectivity index (χ0) is 18.5. The number of nitrogens with zero attached hydrogens (tertiary/aromatic N) is 2. The third kappa shape index (κ3) is 4.54. The number of hydrogen-bond donors (Lipinski definition) is 0. The van der Waals surface area contributed by atoms with Crippen LogP contribution in [0.1, 0.15) is 42.1 Å². The van der Waals surface area contributed by atoms with Crippen LogP contribution in [0, 0.1) is 0 Å². The van der Waals surface area contributed by atoms with Gasteiger partial charge in [-0.2, -0.15) is 0 Å². The van der Waals surface area contributed by atoms with Gasteiger partial charge in [0.2, 0.25) is 5.89 Å². The molecule has 0 saturated heterocycles. The van der Waals surface area contributed by atoms with E-state index in [9.17, 15) is 4.79 Å². The van der Waals surface area contributed by atoms with E-state index in [0.717, 1.165) is 12.0 Å². The molecule has 134 valence electrons. The van der Waals surface area contributed by atoms with Crippen LogP contribution in [0.15, 0.2) is 58.2 Å². The molecule has 1 aromatic heterocycles. The van der Waals surface area contributed by atoms with Crippen LogP contribution in [0.4, 0.5) is 0 Å². The highest BCUT2D eigenvalue weighted by Crippen LogP contribution is 2.26. The number of carbonyl (C=O) groups is 1. The quantitative estimate of drug-likeness (QED) is 0.375. The number of aromatic nitrogens is 2. The second-order valence-electron chi connectivity index (χ2n) is 6.03. The smallest absolute Gasteiger partial charge is 0.277 e. The summed E-state index contributed by atoms with van der Waals surface area (Å²) in [6.07, 6.45) is 1.08. The monoisotopic (exact) mass is 386 g/mol. The van der Waals surface area contributed by atoms with Gasteiger partial charge in [-0.1, -0.05) is 67.5 Å². The van der Waals surface area contributed by atoms with Crippen LogP contribution in [-0.4, -0.2) is 21.7 Å². The van der Waals surface area contributed by atoms with Crippen LogP contribution in [-0.2, 0) is 0 Å². The van der Waals surface area contributed by atoms with Crippen molar-refractivity contribution in [2.75, 3.05) is 5.75 Å². The zero-order valence-electron chi connectivity index (χ0n) is 14.6. The second-order valence-corrected chi connectivity index (χ2v) is 7.39. The molecule has 2 aromatic carbocycles. The Morgan fingerprint density at radius 1 is 1.19 bits per heavy atom. The lowest BCUT2D eigenvalue weighted by molar-refractivity contribution is 0.102. The second kappa shape index (κ2) is 8.52. The van der Waals surface area contributed by atoms with Crippen molar-refractivity contribution >= 4 is 29.1 Å². The predicted molar refractivity (Wildman–Crippen MR) is 105 cm³/mol. The van der Waals surface area contributed by atoms with E-state index in [1.165, 1.54) is 17.3 Å². The molecule has 0 fully saturated rings. The highest BCUT2D eigenvalue weighted by atomic mass is 35.5. The van der Waals surface area contributed by atoms with Crippen molar-refractivity contribution in [2.45, 2.75) is 31.4 Å². The zero-order valence-corrected chi connectivity index (χ0v) is 16.2. The van der Waals surface area contributed by atoms with Crippen LogP contribution in [0.2, 0.25) is 5.02 Å². The third-order valence-corrected chi connectivity index (χ3v) is 5.27. The molecule has 3 aromatic rings. The Balaban J connectivity index is 1.61. The van der Waals surface area contributed by atoms with Gasteiger partial charge in [-0.15, -0.1) is 10.2 Å². The Morgan fingerprint density at radius 3 is 2.65 bits per heavy atom. The summed E-state index contributed by atoms with van der Waals surface area (Å²) in [6, 6.07) is 15.0. The fraction of sp³-hybridized carbons (Fsp3) is 0.250. The number of hydrogen-bond acceptors (Lipinski definition) is 5. The average molecular weight is 387 g/mol. The van der Waals surface area contributed by atoms with Crippen LogP contribution < -0.4 is 0 Å². The molecule has 6 heteroatoms. The number of Topliss-reactive ketones (excluding diaryl/α,β-unsaturated/α-hetero) is 1. The number of carbonyl (C=O) groups excluding carboxylic acids is 1. The van der Waals surface area contributed by atoms with Crippen molar-refractivity contribution in [3.8, 4) is 11.5 Å². The van der Waals surface area contributed by atoms with Gasteiger partial charge in [0.15, 0.2) is 5.78 Å². The maximum atomic E-state index is 12.4. The van der Waals surface area contributed by atoms with Gasteiger partial charge in [-0.25, -0.2) is 0 Å². The van der Waals surface area contributed by atoms with Gasteiger partial charge in [-0.3, -0.25) is 4.79 Å². The lowest BCUT2D eigenvalue weighted by atomic mass is 9.97. The minimum Gasteiger partial charge on any atom is -0.411 e. The summed E-state index contributed by atoms with van der Waals surface area (Å²) >= 11 is 7.21. The van der Waals surface area contributed by atoms with Gasteiger partial charge in [0.1, 0.15) is 0 Å². The normalized spacial score (nSPS) is 12.1. The molecule has 0 spiro atoms. The van der Waals surface area contributed by atoms with E-state index in [0.29, 0.717) is 27.6 Å². The number of rotatable bonds is 7. The standard InChI is InChI=1S/C20H19ClN2O2S/c1-3-13(2)14-7-9-15(10-8-14)18(24)12-26-20-23-22-19(25-20)16-5-4-6-17(21)11-16/h4-11,13H,3,12H2,1-2H3/t13-/m0/s1. The lowest BCUT2D eigenvalue weighted by Gasteiger charge is -2.09. The van der Waals surface area contributed by atoms with E-state index in [1.54, 1.807) is 12.1 Å². The van der Waals surface area contributed by atoms with Crippen molar-refractivity contribution in [3.05, 3.63) is 64.7 Å². The third-order valence-electron chi connectivity index (χ3n) is 4.22. The van der Waals surface area contributed by atoms with E-state index < -0.39 is 0 Å². The Morgan fingerprint density at radius 2 is 1.96 bits per heavy atom. The Bertz CT molecular complexity index is 893. The van der Waals surface area contributed by atoms with Crippen LogP contribution in [0.25, 0.3) is 11.5 Å². The highest BCUT2D eigenvalue weighted by molar-refractivity contribution is 7.99. The first-order chi connectivity index (χ1) is 12.6. The molecular formula is C20H19ClN2O2S. The van der Waals surface area contributed by atoms with E-state index in [-0.39, 0.29) is 11.5 Å². The van der Waals surface area contributed by atoms with Gasteiger partial charge < -0.3 is 4.42 Å². The Kier molecular flexibility index (Phi) is 6.12. The SMILES string of the molecule is CC[C@H](C)c1ccc(C(=O)CSc2nnc(-c3cccc(Cl)c3)o2)cc1. The summed E-state index contributed by atoms with van der Waals surface area (Å²) in [5, 5.41) is 8.97. The average Bonchev–Trinajstić information content (AvgIpc) is 3.14. The molecule has 0 saturated carbocycles. The molecule has 4 nitrogen and oxygen atoms in total. The van der Waals surface area contributed by atoms with E-state index >= 15 is 0 Å². The molecular weight excluding hydrogens is 368 g/mol. The molecule has 0 aliphatic carbocycles. The molecule has 0 aliphatic heterocycles. The molecule has 0 radical (unpaired) electrons. The maximum absolute atomic E-state index is 12.4. The number of ketones is 1. The Labute approximate surface area is 162 Å². The molecule has 1 atom stereocenters. The predicted octanol–water partition coefficient (Wildman–Crippen LogP) is 5.88. The van der Waals surface area contributed by atoms with Crippen LogP contribution >= 0.6 is 23.4 Å². The lowest BCUT2D eigenvalue weighted by Crippen LogP contribution is -2.03. The van der Waals surface area contributed by atoms with Gasteiger partial charge in [0.25, 0.3) is 5.22 Å². The van der Waals surface area contributed by atoms with Crippen molar-refractivity contribution in [1.29, 1.82) is 0 Å². The first-order valence-corrected chi connectivity index (χ1v) is 9.78. The van der Waals surface area contributed by atoms with Crippen molar-refractivity contribution < 1.29 is 9.21 Å². The van der Waals surface area contributed by atoms with Crippen molar-refractivity contribution in [1.82, 2.24) is 10.2 Å². The van der Waals surface area contributed by atoms with Crippen molar-refractivity contribution in [2.24, 2.45) is 0 Å². The fourth-order valence-corrected chi connectivity index (χ4v) is 3.30. The molecule has 26 heavy (non-hydrogen) atoms. The van der Waals surface area contributed by atoms with E-state index in [1.807, 2.05) is 36.4 Å². The van der Waals surface area contributed by atoms with Gasteiger partial charge in [0, 0.05) is 16.1 Å². The van der Waals surface area contributed by atoms with Gasteiger partial charge in [0.05, 0.1) is 5.75 Å².